The molecule has 2 heterocycles. The van der Waals surface area contributed by atoms with Gasteiger partial charge in [0.05, 0.1) is 13.2 Å². The molecule has 0 N–H and O–H groups in total. The van der Waals surface area contributed by atoms with Crippen molar-refractivity contribution in [1.29, 1.82) is 0 Å². The fraction of sp³-hybridized carbons (Fsp3) is 0.250. The van der Waals surface area contributed by atoms with Crippen LogP contribution >= 0.6 is 0 Å². The van der Waals surface area contributed by atoms with Crippen molar-refractivity contribution in [1.82, 2.24) is 9.88 Å². The monoisotopic (exact) mass is 372 g/mol. The number of nitrogens with zero attached hydrogens (tertiary/aromatic N) is 2. The molecule has 4 rings (SSSR count). The minimum absolute atomic E-state index is 0.0845. The second kappa shape index (κ2) is 7.85. The highest BCUT2D eigenvalue weighted by atomic mass is 16.5. The number of hydrogen-bond acceptors (Lipinski definition) is 3. The van der Waals surface area contributed by atoms with E-state index >= 15 is 0 Å². The third-order valence-corrected chi connectivity index (χ3v) is 5.28. The number of hydrogen-bond donors (Lipinski definition) is 0. The van der Waals surface area contributed by atoms with Crippen LogP contribution in [0.1, 0.15) is 30.1 Å². The molecule has 0 saturated carbocycles. The maximum Gasteiger partial charge on any atom is 0.254 e. The van der Waals surface area contributed by atoms with Crippen molar-refractivity contribution in [3.05, 3.63) is 72.4 Å². The molecule has 0 fully saturated rings. The molecule has 4 heteroatoms. The van der Waals surface area contributed by atoms with Gasteiger partial charge in [0.2, 0.25) is 0 Å². The summed E-state index contributed by atoms with van der Waals surface area (Å²) >= 11 is 0. The summed E-state index contributed by atoms with van der Waals surface area (Å²) in [6.07, 6.45) is 8.06. The van der Waals surface area contributed by atoms with Crippen molar-refractivity contribution in [2.45, 2.75) is 25.8 Å². The first-order valence-electron chi connectivity index (χ1n) is 9.72. The van der Waals surface area contributed by atoms with Gasteiger partial charge in [-0.05, 0) is 47.9 Å². The van der Waals surface area contributed by atoms with E-state index in [0.29, 0.717) is 6.54 Å². The van der Waals surface area contributed by atoms with Crippen LogP contribution in [0.25, 0.3) is 22.0 Å². The molecule has 142 valence electrons. The molecule has 0 saturated heterocycles. The number of carbonyl (C=O) groups is 1. The van der Waals surface area contributed by atoms with Crippen LogP contribution in [0.3, 0.4) is 0 Å². The first kappa shape index (κ1) is 18.2. The Bertz CT molecular complexity index is 1040. The molecule has 4 nitrogen and oxygen atoms in total. The van der Waals surface area contributed by atoms with Gasteiger partial charge < -0.3 is 9.64 Å². The highest BCUT2D eigenvalue weighted by Crippen LogP contribution is 2.33. The zero-order chi connectivity index (χ0) is 19.5. The molecule has 1 amide bonds. The first-order valence-corrected chi connectivity index (χ1v) is 9.72. The molecule has 1 unspecified atom stereocenters. The van der Waals surface area contributed by atoms with Gasteiger partial charge in [0, 0.05) is 23.7 Å². The lowest BCUT2D eigenvalue weighted by molar-refractivity contribution is 0.0744. The van der Waals surface area contributed by atoms with Gasteiger partial charge in [-0.2, -0.15) is 0 Å². The second-order valence-electron chi connectivity index (χ2n) is 7.04. The van der Waals surface area contributed by atoms with E-state index in [1.807, 2.05) is 53.4 Å². The molecule has 0 bridgehead atoms. The first-order chi connectivity index (χ1) is 13.7. The maximum absolute atomic E-state index is 13.1. The number of benzene rings is 2. The molecule has 1 atom stereocenters. The third-order valence-electron chi connectivity index (χ3n) is 5.28. The minimum Gasteiger partial charge on any atom is -0.494 e. The Balaban J connectivity index is 1.72. The Morgan fingerprint density at radius 3 is 2.93 bits per heavy atom. The SMILES string of the molecule is CCCC1C=CCN1C(=O)c1cccc(-c2ccc(OC)c3ncccc23)c1. The van der Waals surface area contributed by atoms with Gasteiger partial charge in [-0.3, -0.25) is 9.78 Å². The van der Waals surface area contributed by atoms with E-state index in [1.54, 1.807) is 13.3 Å². The van der Waals surface area contributed by atoms with Crippen molar-refractivity contribution in [3.63, 3.8) is 0 Å². The van der Waals surface area contributed by atoms with Crippen molar-refractivity contribution >= 4 is 16.8 Å². The van der Waals surface area contributed by atoms with Gasteiger partial charge in [-0.25, -0.2) is 0 Å². The van der Waals surface area contributed by atoms with Gasteiger partial charge in [-0.15, -0.1) is 0 Å². The highest BCUT2D eigenvalue weighted by molar-refractivity contribution is 6.00. The predicted molar refractivity (Wildman–Crippen MR) is 113 cm³/mol. The van der Waals surface area contributed by atoms with Crippen molar-refractivity contribution < 1.29 is 9.53 Å². The molecule has 1 aliphatic rings. The standard InChI is InChI=1S/C24H24N2O2/c1-3-7-19-10-6-15-26(19)24(27)18-9-4-8-17(16-18)20-12-13-22(28-2)23-21(20)11-5-14-25-23/h4-6,8-14,16,19H,3,7,15H2,1-2H3. The number of aromatic nitrogens is 1. The number of fused-ring (bicyclic) bond motifs is 1. The van der Waals surface area contributed by atoms with E-state index in [1.165, 1.54) is 0 Å². The number of ether oxygens (including phenoxy) is 1. The number of carbonyl (C=O) groups excluding carboxylic acids is 1. The summed E-state index contributed by atoms with van der Waals surface area (Å²) in [7, 11) is 1.65. The Hall–Kier alpha value is -3.14. The fourth-order valence-electron chi connectivity index (χ4n) is 3.90. The van der Waals surface area contributed by atoms with E-state index in [2.05, 4.69) is 24.1 Å². The maximum atomic E-state index is 13.1. The number of pyridine rings is 1. The Labute approximate surface area is 165 Å². The summed E-state index contributed by atoms with van der Waals surface area (Å²) in [6.45, 7) is 2.83. The lowest BCUT2D eigenvalue weighted by atomic mass is 9.98. The average molecular weight is 372 g/mol. The molecular formula is C24H24N2O2. The lowest BCUT2D eigenvalue weighted by Crippen LogP contribution is -2.36. The van der Waals surface area contributed by atoms with Crippen LogP contribution in [0.5, 0.6) is 5.75 Å². The van der Waals surface area contributed by atoms with Gasteiger partial charge in [-0.1, -0.05) is 43.7 Å². The Kier molecular flexibility index (Phi) is 5.11. The van der Waals surface area contributed by atoms with E-state index in [4.69, 9.17) is 4.74 Å². The largest absolute Gasteiger partial charge is 0.494 e. The van der Waals surface area contributed by atoms with E-state index in [9.17, 15) is 4.79 Å². The molecule has 0 spiro atoms. The summed E-state index contributed by atoms with van der Waals surface area (Å²) in [5.74, 6) is 0.832. The number of amides is 1. The molecule has 3 aromatic rings. The van der Waals surface area contributed by atoms with Crippen LogP contribution in [0, 0.1) is 0 Å². The molecule has 0 radical (unpaired) electrons. The fourth-order valence-corrected chi connectivity index (χ4v) is 3.90. The zero-order valence-electron chi connectivity index (χ0n) is 16.3. The van der Waals surface area contributed by atoms with E-state index in [0.717, 1.165) is 46.2 Å². The average Bonchev–Trinajstić information content (AvgIpc) is 3.21. The van der Waals surface area contributed by atoms with Crippen molar-refractivity contribution in [2.75, 3.05) is 13.7 Å². The van der Waals surface area contributed by atoms with Gasteiger partial charge in [0.1, 0.15) is 11.3 Å². The number of rotatable bonds is 5. The molecule has 0 aliphatic carbocycles. The second-order valence-corrected chi connectivity index (χ2v) is 7.04. The van der Waals surface area contributed by atoms with Crippen LogP contribution in [0.4, 0.5) is 0 Å². The van der Waals surface area contributed by atoms with Gasteiger partial charge in [0.25, 0.3) is 5.91 Å². The van der Waals surface area contributed by atoms with Crippen LogP contribution in [-0.2, 0) is 0 Å². The van der Waals surface area contributed by atoms with Crippen LogP contribution < -0.4 is 4.74 Å². The van der Waals surface area contributed by atoms with E-state index in [-0.39, 0.29) is 11.9 Å². The summed E-state index contributed by atoms with van der Waals surface area (Å²) in [4.78, 5) is 19.6. The zero-order valence-corrected chi connectivity index (χ0v) is 16.3. The van der Waals surface area contributed by atoms with Crippen LogP contribution in [0.2, 0.25) is 0 Å². The molecule has 28 heavy (non-hydrogen) atoms. The van der Waals surface area contributed by atoms with Gasteiger partial charge >= 0.3 is 0 Å². The predicted octanol–water partition coefficient (Wildman–Crippen LogP) is 5.09. The smallest absolute Gasteiger partial charge is 0.254 e. The van der Waals surface area contributed by atoms with Crippen molar-refractivity contribution in [2.24, 2.45) is 0 Å². The Morgan fingerprint density at radius 2 is 2.11 bits per heavy atom. The van der Waals surface area contributed by atoms with E-state index < -0.39 is 0 Å². The topological polar surface area (TPSA) is 42.4 Å². The lowest BCUT2D eigenvalue weighted by Gasteiger charge is -2.24. The summed E-state index contributed by atoms with van der Waals surface area (Å²) in [6, 6.07) is 16.0. The van der Waals surface area contributed by atoms with Gasteiger partial charge in [0.15, 0.2) is 0 Å². The van der Waals surface area contributed by atoms with Crippen molar-refractivity contribution in [3.8, 4) is 16.9 Å². The normalized spacial score (nSPS) is 15.9. The highest BCUT2D eigenvalue weighted by Gasteiger charge is 2.25. The Morgan fingerprint density at radius 1 is 1.21 bits per heavy atom. The molecule has 1 aromatic heterocycles. The minimum atomic E-state index is 0.0845. The number of methoxy groups -OCH3 is 1. The molecular weight excluding hydrogens is 348 g/mol. The molecule has 1 aliphatic heterocycles. The van der Waals surface area contributed by atoms with Crippen LogP contribution in [-0.4, -0.2) is 35.5 Å². The van der Waals surface area contributed by atoms with Crippen LogP contribution in [0.15, 0.2) is 66.9 Å². The molecule has 2 aromatic carbocycles. The summed E-state index contributed by atoms with van der Waals surface area (Å²) in [5.41, 5.74) is 3.59. The third kappa shape index (κ3) is 3.26. The quantitative estimate of drug-likeness (QED) is 0.586. The summed E-state index contributed by atoms with van der Waals surface area (Å²) < 4.78 is 5.45. The summed E-state index contributed by atoms with van der Waals surface area (Å²) in [5, 5.41) is 1.01.